The predicted molar refractivity (Wildman–Crippen MR) is 250 cm³/mol. The number of aryl methyl sites for hydroxylation is 1. The molecule has 0 saturated carbocycles. The molecule has 0 atom stereocenters. The molecule has 2 aliphatic heterocycles. The third-order valence-electron chi connectivity index (χ3n) is 15.1. The summed E-state index contributed by atoms with van der Waals surface area (Å²) in [5.74, 6) is 0. The maximum Gasteiger partial charge on any atom is 0.334 e. The van der Waals surface area contributed by atoms with Crippen molar-refractivity contribution in [3.63, 3.8) is 0 Å². The largest absolute Gasteiger partial charge is 0.367 e. The van der Waals surface area contributed by atoms with Gasteiger partial charge in [0.1, 0.15) is 0 Å². The van der Waals surface area contributed by atoms with Gasteiger partial charge in [-0.1, -0.05) is 139 Å². The minimum absolute atomic E-state index is 0.0133. The van der Waals surface area contributed by atoms with Crippen LogP contribution in [0.3, 0.4) is 0 Å². The van der Waals surface area contributed by atoms with Gasteiger partial charge in [-0.05, 0) is 116 Å². The molecular formula is C54H45BN2S. The molecule has 0 unspecified atom stereocenters. The van der Waals surface area contributed by atoms with Crippen LogP contribution in [0.25, 0.3) is 64.2 Å². The number of anilines is 3. The molecule has 0 N–H and O–H groups in total. The number of nitrogens with zero attached hydrogens (tertiary/aromatic N) is 2. The molecule has 13 rings (SSSR count). The fourth-order valence-corrected chi connectivity index (χ4v) is 13.5. The Kier molecular flexibility index (Phi) is 6.18. The number of fused-ring (bicyclic) bond motifs is 16. The van der Waals surface area contributed by atoms with E-state index in [1.807, 2.05) is 11.3 Å². The van der Waals surface area contributed by atoms with Crippen molar-refractivity contribution in [3.8, 4) is 22.3 Å². The van der Waals surface area contributed by atoms with Gasteiger partial charge < -0.3 is 9.38 Å². The zero-order chi connectivity index (χ0) is 39.2. The van der Waals surface area contributed by atoms with Crippen LogP contribution in [0.4, 0.5) is 17.1 Å². The van der Waals surface area contributed by atoms with Crippen molar-refractivity contribution in [2.24, 2.45) is 0 Å². The number of aromatic nitrogens is 1. The van der Waals surface area contributed by atoms with Gasteiger partial charge in [-0.25, -0.2) is 0 Å². The quantitative estimate of drug-likeness (QED) is 0.151. The van der Waals surface area contributed by atoms with Crippen molar-refractivity contribution in [1.82, 2.24) is 4.48 Å². The molecule has 0 spiro atoms. The summed E-state index contributed by atoms with van der Waals surface area (Å²) in [5.41, 5.74) is 20.9. The zero-order valence-corrected chi connectivity index (χ0v) is 35.2. The molecule has 4 aliphatic rings. The van der Waals surface area contributed by atoms with E-state index in [0.29, 0.717) is 0 Å². The lowest BCUT2D eigenvalue weighted by Gasteiger charge is -2.45. The summed E-state index contributed by atoms with van der Waals surface area (Å²) in [6.45, 7) is 17.2. The van der Waals surface area contributed by atoms with Gasteiger partial charge in [0.05, 0.1) is 10.5 Å². The van der Waals surface area contributed by atoms with Crippen molar-refractivity contribution in [1.29, 1.82) is 0 Å². The number of hydrogen-bond donors (Lipinski definition) is 0. The Morgan fingerprint density at radius 1 is 0.569 bits per heavy atom. The summed E-state index contributed by atoms with van der Waals surface area (Å²) < 4.78 is 4.15. The highest BCUT2D eigenvalue weighted by atomic mass is 32.1. The van der Waals surface area contributed by atoms with Crippen molar-refractivity contribution in [2.75, 3.05) is 4.90 Å². The fourth-order valence-electron chi connectivity index (χ4n) is 12.2. The first kappa shape index (κ1) is 33.4. The van der Waals surface area contributed by atoms with Crippen molar-refractivity contribution in [2.45, 2.75) is 77.6 Å². The highest BCUT2D eigenvalue weighted by Gasteiger charge is 2.50. The molecule has 7 aromatic carbocycles. The standard InChI is InChI=1S/C54H45BN2S/c1-30-27-40-41(53(4,5)26-25-52(40,2)3)29-43(30)56-42-24-23-34-33-17-10-12-21-39(33)54(6,7)46(34)48(42)55-47-38(28-31-15-8-9-16-32(31)50(47)56)35-19-14-20-37-45-36-18-11-13-22-44(36)58-51(45)57(55)49(35)37/h8-24,27-29H,25-26H2,1-7H3. The van der Waals surface area contributed by atoms with Crippen molar-refractivity contribution < 1.29 is 0 Å². The number of hydrogen-bond acceptors (Lipinski definition) is 2. The fraction of sp³-hybridized carbons (Fsp3) is 0.222. The molecular weight excluding hydrogens is 719 g/mol. The molecule has 4 heteroatoms. The van der Waals surface area contributed by atoms with Crippen molar-refractivity contribution in [3.05, 3.63) is 149 Å². The Labute approximate surface area is 344 Å². The number of para-hydroxylation sites is 1. The van der Waals surface area contributed by atoms with E-state index in [1.165, 1.54) is 133 Å². The Morgan fingerprint density at radius 3 is 2.09 bits per heavy atom. The molecule has 2 aliphatic carbocycles. The third kappa shape index (κ3) is 3.91. The molecule has 9 aromatic rings. The highest BCUT2D eigenvalue weighted by Crippen LogP contribution is 2.56. The molecule has 0 fully saturated rings. The van der Waals surface area contributed by atoms with Gasteiger partial charge in [0, 0.05) is 54.1 Å². The van der Waals surface area contributed by atoms with E-state index >= 15 is 0 Å². The van der Waals surface area contributed by atoms with E-state index in [2.05, 4.69) is 179 Å². The van der Waals surface area contributed by atoms with Crippen LogP contribution in [0.5, 0.6) is 0 Å². The second-order valence-electron chi connectivity index (χ2n) is 19.5. The number of thiophene rings is 1. The van der Waals surface area contributed by atoms with Gasteiger partial charge in [-0.2, -0.15) is 0 Å². The van der Waals surface area contributed by atoms with Crippen molar-refractivity contribution >= 4 is 88.2 Å². The minimum Gasteiger partial charge on any atom is -0.367 e. The predicted octanol–water partition coefficient (Wildman–Crippen LogP) is 13.5. The molecule has 280 valence electrons. The van der Waals surface area contributed by atoms with E-state index in [1.54, 1.807) is 0 Å². The third-order valence-corrected chi connectivity index (χ3v) is 16.3. The Balaban J connectivity index is 1.25. The topological polar surface area (TPSA) is 8.17 Å². The molecule has 0 saturated heterocycles. The second kappa shape index (κ2) is 10.7. The Hall–Kier alpha value is -5.58. The van der Waals surface area contributed by atoms with Crippen LogP contribution in [0.15, 0.2) is 121 Å². The maximum absolute atomic E-state index is 2.80. The van der Waals surface area contributed by atoms with Crippen LogP contribution < -0.4 is 15.8 Å². The zero-order valence-electron chi connectivity index (χ0n) is 34.3. The molecule has 0 radical (unpaired) electrons. The van der Waals surface area contributed by atoms with Crippen LogP contribution in [0.2, 0.25) is 0 Å². The van der Waals surface area contributed by atoms with Gasteiger partial charge >= 0.3 is 6.85 Å². The lowest BCUT2D eigenvalue weighted by Crippen LogP contribution is -2.58. The van der Waals surface area contributed by atoms with Crippen LogP contribution >= 0.6 is 11.3 Å². The summed E-state index contributed by atoms with van der Waals surface area (Å²) in [6, 6.07) is 47.2. The van der Waals surface area contributed by atoms with E-state index in [0.717, 1.165) is 0 Å². The van der Waals surface area contributed by atoms with Gasteiger partial charge in [0.2, 0.25) is 0 Å². The Bertz CT molecular complexity index is 3350. The average Bonchev–Trinajstić information content (AvgIpc) is 3.83. The molecule has 0 bridgehead atoms. The molecule has 2 aromatic heterocycles. The molecule has 58 heavy (non-hydrogen) atoms. The lowest BCUT2D eigenvalue weighted by molar-refractivity contribution is 0.332. The van der Waals surface area contributed by atoms with E-state index < -0.39 is 0 Å². The normalized spacial score (nSPS) is 17.4. The highest BCUT2D eigenvalue weighted by molar-refractivity contribution is 7.26. The summed E-state index contributed by atoms with van der Waals surface area (Å²) in [4.78, 5) is 4.11. The first-order chi connectivity index (χ1) is 28.0. The SMILES string of the molecule is Cc1cc2c(cc1N1c3ccc4c(c3B3c5c(cc6ccccc6c51)-c1cccc5c6c7ccccc7sc6n3c15)C(C)(C)c1ccccc1-4)C(C)(C)CCC2(C)C. The lowest BCUT2D eigenvalue weighted by atomic mass is 9.43. The summed E-state index contributed by atoms with van der Waals surface area (Å²) in [5, 5.41) is 6.72. The van der Waals surface area contributed by atoms with Crippen LogP contribution in [-0.4, -0.2) is 11.3 Å². The smallest absolute Gasteiger partial charge is 0.334 e. The number of benzene rings is 7. The van der Waals surface area contributed by atoms with Gasteiger partial charge in [0.25, 0.3) is 0 Å². The molecule has 0 amide bonds. The van der Waals surface area contributed by atoms with Gasteiger partial charge in [0.15, 0.2) is 0 Å². The van der Waals surface area contributed by atoms with Crippen LogP contribution in [0.1, 0.15) is 82.2 Å². The minimum atomic E-state index is -0.198. The number of rotatable bonds is 1. The van der Waals surface area contributed by atoms with E-state index in [-0.39, 0.29) is 23.1 Å². The van der Waals surface area contributed by atoms with Crippen LogP contribution in [-0.2, 0) is 16.2 Å². The van der Waals surface area contributed by atoms with E-state index in [9.17, 15) is 0 Å². The van der Waals surface area contributed by atoms with Crippen LogP contribution in [0, 0.1) is 6.92 Å². The first-order valence-electron chi connectivity index (χ1n) is 21.2. The molecule has 4 heterocycles. The van der Waals surface area contributed by atoms with E-state index in [4.69, 9.17) is 0 Å². The second-order valence-corrected chi connectivity index (χ2v) is 20.6. The average molecular weight is 765 g/mol. The van der Waals surface area contributed by atoms with Gasteiger partial charge in [-0.3, -0.25) is 0 Å². The first-order valence-corrected chi connectivity index (χ1v) is 22.0. The summed E-state index contributed by atoms with van der Waals surface area (Å²) >= 11 is 1.97. The summed E-state index contributed by atoms with van der Waals surface area (Å²) in [6.07, 6.45) is 2.39. The van der Waals surface area contributed by atoms with Gasteiger partial charge in [-0.15, -0.1) is 11.3 Å². The maximum atomic E-state index is 2.80. The Morgan fingerprint density at radius 2 is 1.26 bits per heavy atom. The monoisotopic (exact) mass is 764 g/mol. The summed E-state index contributed by atoms with van der Waals surface area (Å²) in [7, 11) is 0. The molecule has 2 nitrogen and oxygen atoms in total.